The maximum atomic E-state index is 11.4. The van der Waals surface area contributed by atoms with Crippen LogP contribution in [0.15, 0.2) is 22.7 Å². The van der Waals surface area contributed by atoms with Gasteiger partial charge in [-0.2, -0.15) is 0 Å². The van der Waals surface area contributed by atoms with Gasteiger partial charge in [-0.1, -0.05) is 27.5 Å². The van der Waals surface area contributed by atoms with Crippen LogP contribution in [-0.2, 0) is 4.79 Å². The fraction of sp³-hybridized carbons (Fsp3) is 0.417. The van der Waals surface area contributed by atoms with Gasteiger partial charge in [-0.3, -0.25) is 4.79 Å². The number of ether oxygens (including phenoxy) is 1. The molecule has 0 aliphatic carbocycles. The molecule has 0 saturated heterocycles. The van der Waals surface area contributed by atoms with E-state index in [4.69, 9.17) is 16.3 Å². The molecule has 1 rings (SSSR count). The number of benzene rings is 1. The van der Waals surface area contributed by atoms with Crippen molar-refractivity contribution in [3.63, 3.8) is 0 Å². The van der Waals surface area contributed by atoms with Crippen LogP contribution in [0.4, 0.5) is 0 Å². The quantitative estimate of drug-likeness (QED) is 0.903. The monoisotopic (exact) mass is 319 g/mol. The van der Waals surface area contributed by atoms with Crippen LogP contribution >= 0.6 is 27.5 Å². The number of nitrogens with one attached hydrogen (secondary N) is 1. The Morgan fingerprint density at radius 1 is 1.53 bits per heavy atom. The Morgan fingerprint density at radius 2 is 2.24 bits per heavy atom. The zero-order valence-corrected chi connectivity index (χ0v) is 12.1. The van der Waals surface area contributed by atoms with Gasteiger partial charge >= 0.3 is 0 Å². The summed E-state index contributed by atoms with van der Waals surface area (Å²) in [4.78, 5) is 11.4. The number of halogens is 2. The predicted molar refractivity (Wildman–Crippen MR) is 72.5 cm³/mol. The van der Waals surface area contributed by atoms with Gasteiger partial charge in [-0.25, -0.2) is 0 Å². The molecular weight excluding hydrogens is 305 g/mol. The van der Waals surface area contributed by atoms with E-state index < -0.39 is 0 Å². The molecule has 94 valence electrons. The van der Waals surface area contributed by atoms with Crippen LogP contribution in [0.3, 0.4) is 0 Å². The standard InChI is InChI=1S/C12H15BrClNO2/c1-8(2)15-12(16)5-6-17-11-7-9(13)3-4-10(11)14/h3-4,7-8H,5-6H2,1-2H3,(H,15,16). The molecule has 0 heterocycles. The number of hydrogen-bond donors (Lipinski definition) is 1. The van der Waals surface area contributed by atoms with Crippen LogP contribution in [-0.4, -0.2) is 18.6 Å². The summed E-state index contributed by atoms with van der Waals surface area (Å²) in [5.41, 5.74) is 0. The third-order valence-electron chi connectivity index (χ3n) is 1.93. The van der Waals surface area contributed by atoms with Crippen molar-refractivity contribution in [1.29, 1.82) is 0 Å². The maximum absolute atomic E-state index is 11.4. The summed E-state index contributed by atoms with van der Waals surface area (Å²) in [7, 11) is 0. The molecule has 0 aliphatic heterocycles. The van der Waals surface area contributed by atoms with E-state index in [0.29, 0.717) is 23.8 Å². The zero-order chi connectivity index (χ0) is 12.8. The van der Waals surface area contributed by atoms with E-state index in [0.717, 1.165) is 4.47 Å². The van der Waals surface area contributed by atoms with E-state index in [1.807, 2.05) is 19.9 Å². The highest BCUT2D eigenvalue weighted by atomic mass is 79.9. The first-order valence-electron chi connectivity index (χ1n) is 5.36. The number of rotatable bonds is 5. The molecule has 17 heavy (non-hydrogen) atoms. The van der Waals surface area contributed by atoms with Gasteiger partial charge in [0.25, 0.3) is 0 Å². The number of carbonyl (C=O) groups is 1. The van der Waals surface area contributed by atoms with Crippen molar-refractivity contribution in [2.45, 2.75) is 26.3 Å². The lowest BCUT2D eigenvalue weighted by atomic mass is 10.3. The number of amides is 1. The SMILES string of the molecule is CC(C)NC(=O)CCOc1cc(Br)ccc1Cl. The predicted octanol–water partition coefficient (Wildman–Crippen LogP) is 3.40. The fourth-order valence-corrected chi connectivity index (χ4v) is 1.75. The Balaban J connectivity index is 2.40. The Kier molecular flexibility index (Phi) is 5.78. The first-order valence-corrected chi connectivity index (χ1v) is 6.53. The van der Waals surface area contributed by atoms with Gasteiger partial charge in [0.1, 0.15) is 5.75 Å². The fourth-order valence-electron chi connectivity index (χ4n) is 1.24. The maximum Gasteiger partial charge on any atom is 0.223 e. The Bertz CT molecular complexity index is 396. The number of carbonyl (C=O) groups excluding carboxylic acids is 1. The molecule has 1 aromatic carbocycles. The van der Waals surface area contributed by atoms with E-state index in [9.17, 15) is 4.79 Å². The summed E-state index contributed by atoms with van der Waals surface area (Å²) in [6.45, 7) is 4.16. The first kappa shape index (κ1) is 14.3. The molecular formula is C12H15BrClNO2. The highest BCUT2D eigenvalue weighted by molar-refractivity contribution is 9.10. The molecule has 0 atom stereocenters. The minimum absolute atomic E-state index is 0.0221. The Morgan fingerprint density at radius 3 is 2.88 bits per heavy atom. The smallest absolute Gasteiger partial charge is 0.223 e. The summed E-state index contributed by atoms with van der Waals surface area (Å²) in [6, 6.07) is 5.51. The van der Waals surface area contributed by atoms with E-state index in [2.05, 4.69) is 21.2 Å². The Labute approximate surface area is 115 Å². The third-order valence-corrected chi connectivity index (χ3v) is 2.74. The van der Waals surface area contributed by atoms with Gasteiger partial charge < -0.3 is 10.1 Å². The van der Waals surface area contributed by atoms with Gasteiger partial charge in [0.15, 0.2) is 0 Å². The minimum Gasteiger partial charge on any atom is -0.491 e. The van der Waals surface area contributed by atoms with Gasteiger partial charge in [0.2, 0.25) is 5.91 Å². The summed E-state index contributed by atoms with van der Waals surface area (Å²) in [6.07, 6.45) is 0.320. The molecule has 0 unspecified atom stereocenters. The van der Waals surface area contributed by atoms with Crippen LogP contribution < -0.4 is 10.1 Å². The van der Waals surface area contributed by atoms with Crippen molar-refractivity contribution < 1.29 is 9.53 Å². The van der Waals surface area contributed by atoms with E-state index in [-0.39, 0.29) is 11.9 Å². The van der Waals surface area contributed by atoms with Crippen LogP contribution in [0.1, 0.15) is 20.3 Å². The molecule has 0 radical (unpaired) electrons. The normalized spacial score (nSPS) is 10.4. The molecule has 0 bridgehead atoms. The first-order chi connectivity index (χ1) is 7.99. The van der Waals surface area contributed by atoms with Gasteiger partial charge in [-0.15, -0.1) is 0 Å². The average molecular weight is 321 g/mol. The molecule has 3 nitrogen and oxygen atoms in total. The highest BCUT2D eigenvalue weighted by Crippen LogP contribution is 2.27. The molecule has 5 heteroatoms. The molecule has 0 spiro atoms. The second kappa shape index (κ2) is 6.87. The van der Waals surface area contributed by atoms with Crippen molar-refractivity contribution in [3.8, 4) is 5.75 Å². The van der Waals surface area contributed by atoms with Gasteiger partial charge in [-0.05, 0) is 32.0 Å². The van der Waals surface area contributed by atoms with Crippen molar-refractivity contribution in [3.05, 3.63) is 27.7 Å². The van der Waals surface area contributed by atoms with Crippen LogP contribution in [0.2, 0.25) is 5.02 Å². The second-order valence-electron chi connectivity index (χ2n) is 3.90. The summed E-state index contributed by atoms with van der Waals surface area (Å²) >= 11 is 9.28. The van der Waals surface area contributed by atoms with E-state index in [1.54, 1.807) is 12.1 Å². The molecule has 1 N–H and O–H groups in total. The van der Waals surface area contributed by atoms with Crippen LogP contribution in [0, 0.1) is 0 Å². The largest absolute Gasteiger partial charge is 0.491 e. The highest BCUT2D eigenvalue weighted by Gasteiger charge is 2.06. The zero-order valence-electron chi connectivity index (χ0n) is 9.80. The lowest BCUT2D eigenvalue weighted by Crippen LogP contribution is -2.31. The van der Waals surface area contributed by atoms with E-state index >= 15 is 0 Å². The molecule has 1 amide bonds. The average Bonchev–Trinajstić information content (AvgIpc) is 2.22. The molecule has 0 aliphatic rings. The topological polar surface area (TPSA) is 38.3 Å². The lowest BCUT2D eigenvalue weighted by Gasteiger charge is -2.10. The van der Waals surface area contributed by atoms with Crippen LogP contribution in [0.5, 0.6) is 5.75 Å². The van der Waals surface area contributed by atoms with Crippen molar-refractivity contribution >= 4 is 33.4 Å². The second-order valence-corrected chi connectivity index (χ2v) is 5.22. The molecule has 0 saturated carbocycles. The summed E-state index contributed by atoms with van der Waals surface area (Å²) in [5.74, 6) is 0.560. The van der Waals surface area contributed by atoms with E-state index in [1.165, 1.54) is 0 Å². The molecule has 1 aromatic rings. The lowest BCUT2D eigenvalue weighted by molar-refractivity contribution is -0.122. The minimum atomic E-state index is -0.0221. The van der Waals surface area contributed by atoms with Gasteiger partial charge in [0.05, 0.1) is 18.1 Å². The van der Waals surface area contributed by atoms with Crippen molar-refractivity contribution in [1.82, 2.24) is 5.32 Å². The third kappa shape index (κ3) is 5.41. The summed E-state index contributed by atoms with van der Waals surface area (Å²) in [5, 5.41) is 3.33. The van der Waals surface area contributed by atoms with Crippen LogP contribution in [0.25, 0.3) is 0 Å². The van der Waals surface area contributed by atoms with Crippen molar-refractivity contribution in [2.75, 3.05) is 6.61 Å². The van der Waals surface area contributed by atoms with Gasteiger partial charge in [0, 0.05) is 10.5 Å². The number of hydrogen-bond acceptors (Lipinski definition) is 2. The molecule has 0 aromatic heterocycles. The summed E-state index contributed by atoms with van der Waals surface area (Å²) < 4.78 is 6.34. The molecule has 0 fully saturated rings. The Hall–Kier alpha value is -0.740. The van der Waals surface area contributed by atoms with Crippen molar-refractivity contribution in [2.24, 2.45) is 0 Å².